The maximum Gasteiger partial charge on any atom is 0.277 e. The lowest BCUT2D eigenvalue weighted by atomic mass is 10.0. The number of benzene rings is 2. The van der Waals surface area contributed by atoms with Gasteiger partial charge in [0, 0.05) is 10.0 Å². The number of hydrogen-bond acceptors (Lipinski definition) is 7. The fourth-order valence-electron chi connectivity index (χ4n) is 2.58. The molecule has 4 aromatic rings. The Bertz CT molecular complexity index is 1080. The molecule has 0 amide bonds. The monoisotopic (exact) mass is 456 g/mol. The van der Waals surface area contributed by atoms with E-state index in [2.05, 4.69) is 62.2 Å². The summed E-state index contributed by atoms with van der Waals surface area (Å²) in [5.74, 6) is 2.49. The van der Waals surface area contributed by atoms with Crippen LogP contribution in [0.2, 0.25) is 0 Å². The van der Waals surface area contributed by atoms with Crippen molar-refractivity contribution in [1.29, 1.82) is 0 Å². The molecule has 2 heterocycles. The number of halogens is 1. The van der Waals surface area contributed by atoms with Crippen LogP contribution in [0.3, 0.4) is 0 Å². The standard InChI is InChI=1S/C20H17BrN4O2S/c1-12(2)13-7-9-14(10-8-13)18-22-17(27-25-18)11-28-20-24-23-19(26-20)15-5-3-4-6-16(15)21/h3-10,12H,11H2,1-2H3. The first-order valence-corrected chi connectivity index (χ1v) is 10.5. The summed E-state index contributed by atoms with van der Waals surface area (Å²) in [6.45, 7) is 4.33. The zero-order valence-corrected chi connectivity index (χ0v) is 17.7. The van der Waals surface area contributed by atoms with Gasteiger partial charge >= 0.3 is 0 Å². The number of thioether (sulfide) groups is 1. The van der Waals surface area contributed by atoms with E-state index in [4.69, 9.17) is 8.94 Å². The molecular weight excluding hydrogens is 440 g/mol. The normalized spacial score (nSPS) is 11.3. The van der Waals surface area contributed by atoms with Gasteiger partial charge in [0.25, 0.3) is 5.22 Å². The first kappa shape index (κ1) is 18.9. The molecule has 2 aromatic carbocycles. The van der Waals surface area contributed by atoms with Gasteiger partial charge in [0.05, 0.1) is 11.3 Å². The summed E-state index contributed by atoms with van der Waals surface area (Å²) < 4.78 is 12.0. The molecule has 0 saturated heterocycles. The smallest absolute Gasteiger partial charge is 0.277 e. The molecule has 0 fully saturated rings. The second-order valence-corrected chi connectivity index (χ2v) is 8.21. The van der Waals surface area contributed by atoms with Crippen molar-refractivity contribution in [3.05, 3.63) is 64.5 Å². The van der Waals surface area contributed by atoms with E-state index >= 15 is 0 Å². The fourth-order valence-corrected chi connectivity index (χ4v) is 3.64. The maximum absolute atomic E-state index is 5.72. The van der Waals surface area contributed by atoms with Crippen molar-refractivity contribution in [2.24, 2.45) is 0 Å². The van der Waals surface area contributed by atoms with E-state index in [1.807, 2.05) is 36.4 Å². The zero-order valence-electron chi connectivity index (χ0n) is 15.3. The Kier molecular flexibility index (Phi) is 5.59. The van der Waals surface area contributed by atoms with Gasteiger partial charge in [0.15, 0.2) is 0 Å². The Morgan fingerprint density at radius 3 is 2.57 bits per heavy atom. The minimum atomic E-state index is 0.451. The van der Waals surface area contributed by atoms with Gasteiger partial charge in [-0.15, -0.1) is 10.2 Å². The predicted molar refractivity (Wildman–Crippen MR) is 111 cm³/mol. The highest BCUT2D eigenvalue weighted by atomic mass is 79.9. The van der Waals surface area contributed by atoms with Crippen molar-refractivity contribution in [1.82, 2.24) is 20.3 Å². The fraction of sp³-hybridized carbons (Fsp3) is 0.200. The quantitative estimate of drug-likeness (QED) is 0.330. The first-order valence-electron chi connectivity index (χ1n) is 8.74. The summed E-state index contributed by atoms with van der Waals surface area (Å²) in [5.41, 5.74) is 3.06. The topological polar surface area (TPSA) is 77.8 Å². The number of rotatable bonds is 6. The van der Waals surface area contributed by atoms with E-state index in [-0.39, 0.29) is 0 Å². The van der Waals surface area contributed by atoms with Crippen LogP contribution >= 0.6 is 27.7 Å². The summed E-state index contributed by atoms with van der Waals surface area (Å²) in [7, 11) is 0. The second kappa shape index (κ2) is 8.28. The Morgan fingerprint density at radius 1 is 1.04 bits per heavy atom. The minimum Gasteiger partial charge on any atom is -0.411 e. The summed E-state index contributed by atoms with van der Waals surface area (Å²) in [6.07, 6.45) is 0. The predicted octanol–water partition coefficient (Wildman–Crippen LogP) is 5.96. The molecule has 0 radical (unpaired) electrons. The molecule has 0 spiro atoms. The van der Waals surface area contributed by atoms with Crippen LogP contribution in [-0.2, 0) is 5.75 Å². The Balaban J connectivity index is 1.42. The van der Waals surface area contributed by atoms with Gasteiger partial charge in [-0.2, -0.15) is 4.98 Å². The first-order chi connectivity index (χ1) is 13.6. The van der Waals surface area contributed by atoms with Gasteiger partial charge in [-0.05, 0) is 39.5 Å². The number of aromatic nitrogens is 4. The molecule has 2 aromatic heterocycles. The largest absolute Gasteiger partial charge is 0.411 e. The molecule has 6 nitrogen and oxygen atoms in total. The van der Waals surface area contributed by atoms with E-state index in [1.54, 1.807) is 0 Å². The van der Waals surface area contributed by atoms with Crippen molar-refractivity contribution >= 4 is 27.7 Å². The summed E-state index contributed by atoms with van der Waals surface area (Å²) in [5, 5.41) is 12.7. The van der Waals surface area contributed by atoms with Gasteiger partial charge in [0.2, 0.25) is 17.6 Å². The molecule has 0 aliphatic carbocycles. The van der Waals surface area contributed by atoms with Gasteiger partial charge in [-0.1, -0.05) is 67.2 Å². The highest BCUT2D eigenvalue weighted by Gasteiger charge is 2.14. The third-order valence-electron chi connectivity index (χ3n) is 4.13. The van der Waals surface area contributed by atoms with Crippen molar-refractivity contribution in [2.75, 3.05) is 0 Å². The van der Waals surface area contributed by atoms with Crippen LogP contribution in [0.4, 0.5) is 0 Å². The Hall–Kier alpha value is -2.45. The van der Waals surface area contributed by atoms with Gasteiger partial charge < -0.3 is 8.94 Å². The Morgan fingerprint density at radius 2 is 1.82 bits per heavy atom. The summed E-state index contributed by atoms with van der Waals surface area (Å²) in [6, 6.07) is 15.9. The Labute approximate surface area is 174 Å². The van der Waals surface area contributed by atoms with E-state index in [0.717, 1.165) is 15.6 Å². The van der Waals surface area contributed by atoms with E-state index in [0.29, 0.717) is 34.5 Å². The molecule has 4 rings (SSSR count). The molecule has 0 saturated carbocycles. The number of hydrogen-bond donors (Lipinski definition) is 0. The lowest BCUT2D eigenvalue weighted by molar-refractivity contribution is 0.391. The van der Waals surface area contributed by atoms with E-state index in [1.165, 1.54) is 17.3 Å². The van der Waals surface area contributed by atoms with Gasteiger partial charge in [0.1, 0.15) is 0 Å². The van der Waals surface area contributed by atoms with Crippen LogP contribution in [-0.4, -0.2) is 20.3 Å². The van der Waals surface area contributed by atoms with Crippen LogP contribution in [0.1, 0.15) is 31.2 Å². The van der Waals surface area contributed by atoms with Gasteiger partial charge in [-0.3, -0.25) is 0 Å². The van der Waals surface area contributed by atoms with Crippen LogP contribution in [0.5, 0.6) is 0 Å². The van der Waals surface area contributed by atoms with Crippen molar-refractivity contribution in [3.63, 3.8) is 0 Å². The minimum absolute atomic E-state index is 0.451. The number of nitrogens with zero attached hydrogens (tertiary/aromatic N) is 4. The van der Waals surface area contributed by atoms with Crippen molar-refractivity contribution in [3.8, 4) is 22.8 Å². The molecule has 0 bridgehead atoms. The highest BCUT2D eigenvalue weighted by molar-refractivity contribution is 9.10. The second-order valence-electron chi connectivity index (χ2n) is 6.43. The third-order valence-corrected chi connectivity index (χ3v) is 5.63. The molecule has 142 valence electrons. The lowest BCUT2D eigenvalue weighted by Crippen LogP contribution is -1.88. The molecule has 28 heavy (non-hydrogen) atoms. The molecule has 0 aliphatic heterocycles. The van der Waals surface area contributed by atoms with Crippen LogP contribution < -0.4 is 0 Å². The third kappa shape index (κ3) is 4.18. The maximum atomic E-state index is 5.72. The molecule has 0 unspecified atom stereocenters. The average molecular weight is 457 g/mol. The zero-order chi connectivity index (χ0) is 19.5. The van der Waals surface area contributed by atoms with Crippen LogP contribution in [0, 0.1) is 0 Å². The summed E-state index contributed by atoms with van der Waals surface area (Å²) in [4.78, 5) is 4.45. The van der Waals surface area contributed by atoms with Gasteiger partial charge in [-0.25, -0.2) is 0 Å². The molecule has 0 aliphatic rings. The van der Waals surface area contributed by atoms with Crippen molar-refractivity contribution in [2.45, 2.75) is 30.7 Å². The molecular formula is C20H17BrN4O2S. The molecule has 8 heteroatoms. The van der Waals surface area contributed by atoms with E-state index in [9.17, 15) is 0 Å². The van der Waals surface area contributed by atoms with E-state index < -0.39 is 0 Å². The molecule has 0 N–H and O–H groups in total. The lowest BCUT2D eigenvalue weighted by Gasteiger charge is -2.04. The summed E-state index contributed by atoms with van der Waals surface area (Å²) >= 11 is 4.85. The van der Waals surface area contributed by atoms with Crippen LogP contribution in [0.25, 0.3) is 22.8 Å². The molecule has 0 atom stereocenters. The SMILES string of the molecule is CC(C)c1ccc(-c2noc(CSc3nnc(-c4ccccc4Br)o3)n2)cc1. The highest BCUT2D eigenvalue weighted by Crippen LogP contribution is 2.30. The van der Waals surface area contributed by atoms with Crippen molar-refractivity contribution < 1.29 is 8.94 Å². The average Bonchev–Trinajstić information content (AvgIpc) is 3.36. The van der Waals surface area contributed by atoms with Crippen LogP contribution in [0.15, 0.2) is 67.2 Å².